The number of nitrogens with one attached hydrogen (secondary N) is 2. The summed E-state index contributed by atoms with van der Waals surface area (Å²) in [5, 5.41) is 5.90. The van der Waals surface area contributed by atoms with Crippen LogP contribution in [0.15, 0.2) is 48.5 Å². The van der Waals surface area contributed by atoms with Gasteiger partial charge in [-0.25, -0.2) is 4.79 Å². The standard InChI is InChI=1S/C20H21Cl2N3O5/c21-14-1-5-16(6-2-14)29-19(30-17-7-3-15(22)4-8-17)18(26)24-20(27)23-13-25-9-11-28-12-10-25/h1-8,19H,9-13H2,(H2,23,24,26,27). The van der Waals surface area contributed by atoms with E-state index < -0.39 is 18.2 Å². The van der Waals surface area contributed by atoms with Gasteiger partial charge in [0.2, 0.25) is 0 Å². The van der Waals surface area contributed by atoms with Crippen molar-refractivity contribution in [3.63, 3.8) is 0 Å². The van der Waals surface area contributed by atoms with E-state index in [4.69, 9.17) is 37.4 Å². The third-order valence-electron chi connectivity index (χ3n) is 4.13. The number of benzene rings is 2. The minimum absolute atomic E-state index is 0.295. The number of rotatable bonds is 7. The molecule has 1 saturated heterocycles. The van der Waals surface area contributed by atoms with Crippen LogP contribution in [-0.4, -0.2) is 56.1 Å². The molecular formula is C20H21Cl2N3O5. The third-order valence-corrected chi connectivity index (χ3v) is 4.64. The molecule has 0 radical (unpaired) electrons. The van der Waals surface area contributed by atoms with E-state index in [-0.39, 0.29) is 0 Å². The quantitative estimate of drug-likeness (QED) is 0.626. The van der Waals surface area contributed by atoms with Crippen molar-refractivity contribution < 1.29 is 23.8 Å². The molecule has 1 aliphatic rings. The highest BCUT2D eigenvalue weighted by molar-refractivity contribution is 6.30. The normalized spacial score (nSPS) is 14.2. The van der Waals surface area contributed by atoms with E-state index in [1.54, 1.807) is 48.5 Å². The van der Waals surface area contributed by atoms with Crippen molar-refractivity contribution in [2.24, 2.45) is 0 Å². The first kappa shape index (κ1) is 22.2. The Balaban J connectivity index is 1.61. The summed E-state index contributed by atoms with van der Waals surface area (Å²) in [6.07, 6.45) is -1.42. The van der Waals surface area contributed by atoms with E-state index in [1.165, 1.54) is 0 Å². The van der Waals surface area contributed by atoms with E-state index in [1.807, 2.05) is 4.90 Å². The van der Waals surface area contributed by atoms with Crippen LogP contribution in [0.1, 0.15) is 0 Å². The molecule has 0 bridgehead atoms. The number of halogens is 2. The van der Waals surface area contributed by atoms with Crippen LogP contribution in [0.4, 0.5) is 4.79 Å². The van der Waals surface area contributed by atoms with E-state index in [0.717, 1.165) is 0 Å². The molecule has 2 aromatic carbocycles. The molecule has 0 aromatic heterocycles. The number of carbonyl (C=O) groups is 2. The van der Waals surface area contributed by atoms with Crippen LogP contribution in [0.5, 0.6) is 11.5 Å². The Hall–Kier alpha value is -2.52. The largest absolute Gasteiger partial charge is 0.446 e. The molecule has 3 rings (SSSR count). The second-order valence-electron chi connectivity index (χ2n) is 6.36. The Kier molecular flexibility index (Phi) is 8.15. The number of nitrogens with zero attached hydrogens (tertiary/aromatic N) is 1. The lowest BCUT2D eigenvalue weighted by Gasteiger charge is -2.26. The maximum absolute atomic E-state index is 12.6. The SMILES string of the molecule is O=C(NCN1CCOCC1)NC(=O)C(Oc1ccc(Cl)cc1)Oc1ccc(Cl)cc1. The fourth-order valence-electron chi connectivity index (χ4n) is 2.56. The lowest BCUT2D eigenvalue weighted by Crippen LogP contribution is -2.51. The Morgan fingerprint density at radius 2 is 1.43 bits per heavy atom. The Bertz CT molecular complexity index is 795. The summed E-state index contributed by atoms with van der Waals surface area (Å²) in [6, 6.07) is 12.2. The highest BCUT2D eigenvalue weighted by Crippen LogP contribution is 2.20. The fraction of sp³-hybridized carbons (Fsp3) is 0.300. The summed E-state index contributed by atoms with van der Waals surface area (Å²) in [7, 11) is 0. The lowest BCUT2D eigenvalue weighted by atomic mass is 10.3. The first-order valence-electron chi connectivity index (χ1n) is 9.23. The molecule has 1 fully saturated rings. The van der Waals surface area contributed by atoms with Crippen molar-refractivity contribution in [1.82, 2.24) is 15.5 Å². The van der Waals surface area contributed by atoms with Crippen molar-refractivity contribution in [1.29, 1.82) is 0 Å². The Morgan fingerprint density at radius 1 is 0.933 bits per heavy atom. The van der Waals surface area contributed by atoms with Crippen LogP contribution in [-0.2, 0) is 9.53 Å². The summed E-state index contributed by atoms with van der Waals surface area (Å²) in [6.45, 7) is 2.91. The zero-order valence-corrected chi connectivity index (χ0v) is 17.5. The Labute approximate surface area is 184 Å². The van der Waals surface area contributed by atoms with E-state index in [0.29, 0.717) is 54.5 Å². The minimum atomic E-state index is -1.42. The van der Waals surface area contributed by atoms with Gasteiger partial charge in [-0.1, -0.05) is 23.2 Å². The summed E-state index contributed by atoms with van der Waals surface area (Å²) in [4.78, 5) is 26.8. The van der Waals surface area contributed by atoms with Gasteiger partial charge in [-0.05, 0) is 48.5 Å². The molecular weight excluding hydrogens is 433 g/mol. The third kappa shape index (κ3) is 7.07. The molecule has 8 nitrogen and oxygen atoms in total. The van der Waals surface area contributed by atoms with Gasteiger partial charge in [-0.15, -0.1) is 0 Å². The topological polar surface area (TPSA) is 89.1 Å². The van der Waals surface area contributed by atoms with Gasteiger partial charge in [0.05, 0.1) is 19.9 Å². The molecule has 0 unspecified atom stereocenters. The lowest BCUT2D eigenvalue weighted by molar-refractivity contribution is -0.139. The number of morpholine rings is 1. The number of urea groups is 1. The molecule has 0 spiro atoms. The van der Waals surface area contributed by atoms with Crippen LogP contribution in [0, 0.1) is 0 Å². The van der Waals surface area contributed by atoms with Crippen LogP contribution >= 0.6 is 23.2 Å². The second-order valence-corrected chi connectivity index (χ2v) is 7.23. The molecule has 10 heteroatoms. The van der Waals surface area contributed by atoms with Crippen LogP contribution in [0.2, 0.25) is 10.0 Å². The van der Waals surface area contributed by atoms with Crippen LogP contribution in [0.25, 0.3) is 0 Å². The average molecular weight is 454 g/mol. The second kappa shape index (κ2) is 11.0. The zero-order chi connectivity index (χ0) is 21.3. The smallest absolute Gasteiger partial charge is 0.322 e. The summed E-state index contributed by atoms with van der Waals surface area (Å²) < 4.78 is 16.5. The van der Waals surface area contributed by atoms with Gasteiger partial charge < -0.3 is 19.5 Å². The molecule has 1 heterocycles. The minimum Gasteiger partial charge on any atom is -0.446 e. The molecule has 2 N–H and O–H groups in total. The molecule has 3 amide bonds. The van der Waals surface area contributed by atoms with Crippen molar-refractivity contribution in [3.05, 3.63) is 58.6 Å². The van der Waals surface area contributed by atoms with Gasteiger partial charge in [-0.2, -0.15) is 0 Å². The number of imide groups is 1. The van der Waals surface area contributed by atoms with Gasteiger partial charge in [0.1, 0.15) is 11.5 Å². The van der Waals surface area contributed by atoms with E-state index in [9.17, 15) is 9.59 Å². The average Bonchev–Trinajstić information content (AvgIpc) is 2.75. The molecule has 30 heavy (non-hydrogen) atoms. The summed E-state index contributed by atoms with van der Waals surface area (Å²) in [5.41, 5.74) is 0. The fourth-order valence-corrected chi connectivity index (χ4v) is 2.81. The first-order chi connectivity index (χ1) is 14.5. The number of carbonyl (C=O) groups excluding carboxylic acids is 2. The molecule has 0 aliphatic carbocycles. The number of ether oxygens (including phenoxy) is 3. The highest BCUT2D eigenvalue weighted by Gasteiger charge is 2.25. The predicted octanol–water partition coefficient (Wildman–Crippen LogP) is 2.89. The number of amides is 3. The summed E-state index contributed by atoms with van der Waals surface area (Å²) in [5.74, 6) is -0.0659. The van der Waals surface area contributed by atoms with Gasteiger partial charge in [-0.3, -0.25) is 15.0 Å². The van der Waals surface area contributed by atoms with Crippen molar-refractivity contribution >= 4 is 35.1 Å². The molecule has 160 valence electrons. The van der Waals surface area contributed by atoms with Gasteiger partial charge in [0, 0.05) is 23.1 Å². The van der Waals surface area contributed by atoms with Crippen molar-refractivity contribution in [3.8, 4) is 11.5 Å². The van der Waals surface area contributed by atoms with Gasteiger partial charge in [0.15, 0.2) is 0 Å². The number of hydrogen-bond acceptors (Lipinski definition) is 6. The maximum Gasteiger partial charge on any atom is 0.322 e. The zero-order valence-electron chi connectivity index (χ0n) is 16.0. The van der Waals surface area contributed by atoms with Gasteiger partial charge in [0.25, 0.3) is 0 Å². The summed E-state index contributed by atoms with van der Waals surface area (Å²) >= 11 is 11.8. The maximum atomic E-state index is 12.6. The van der Waals surface area contributed by atoms with E-state index >= 15 is 0 Å². The molecule has 0 atom stereocenters. The monoisotopic (exact) mass is 453 g/mol. The van der Waals surface area contributed by atoms with Crippen molar-refractivity contribution in [2.75, 3.05) is 33.0 Å². The molecule has 1 aliphatic heterocycles. The van der Waals surface area contributed by atoms with Gasteiger partial charge >= 0.3 is 18.2 Å². The Morgan fingerprint density at radius 3 is 1.93 bits per heavy atom. The highest BCUT2D eigenvalue weighted by atomic mass is 35.5. The van der Waals surface area contributed by atoms with Crippen molar-refractivity contribution in [2.45, 2.75) is 6.29 Å². The van der Waals surface area contributed by atoms with E-state index in [2.05, 4.69) is 10.6 Å². The molecule has 0 saturated carbocycles. The van der Waals surface area contributed by atoms with Crippen LogP contribution < -0.4 is 20.1 Å². The first-order valence-corrected chi connectivity index (χ1v) is 9.98. The molecule has 2 aromatic rings. The number of hydrogen-bond donors (Lipinski definition) is 2. The van der Waals surface area contributed by atoms with Crippen LogP contribution in [0.3, 0.4) is 0 Å². The predicted molar refractivity (Wildman–Crippen MR) is 112 cm³/mol.